The van der Waals surface area contributed by atoms with E-state index in [-0.39, 0.29) is 18.2 Å². The van der Waals surface area contributed by atoms with Crippen molar-refractivity contribution < 1.29 is 4.39 Å². The molecule has 0 heterocycles. The highest BCUT2D eigenvalue weighted by Gasteiger charge is 2.18. The minimum atomic E-state index is -0.128. The van der Waals surface area contributed by atoms with Gasteiger partial charge in [-0.3, -0.25) is 0 Å². The molecule has 1 nitrogen and oxygen atoms in total. The molecular formula is C12H17ClFN. The van der Waals surface area contributed by atoms with Crippen LogP contribution < -0.4 is 5.73 Å². The van der Waals surface area contributed by atoms with Crippen LogP contribution in [0.4, 0.5) is 10.1 Å². The van der Waals surface area contributed by atoms with Crippen molar-refractivity contribution in [3.63, 3.8) is 0 Å². The van der Waals surface area contributed by atoms with Gasteiger partial charge in [0.2, 0.25) is 0 Å². The summed E-state index contributed by atoms with van der Waals surface area (Å²) in [5, 5.41) is 0. The number of benzene rings is 1. The topological polar surface area (TPSA) is 26.0 Å². The molecule has 1 aliphatic carbocycles. The zero-order chi connectivity index (χ0) is 9.97. The van der Waals surface area contributed by atoms with Gasteiger partial charge < -0.3 is 5.73 Å². The molecule has 1 aromatic rings. The maximum Gasteiger partial charge on any atom is 0.128 e. The molecule has 0 aliphatic heterocycles. The van der Waals surface area contributed by atoms with Crippen LogP contribution in [0.2, 0.25) is 0 Å². The standard InChI is InChI=1S/C12H16FN.ClH/c13-12-8-10(14)6-7-11(12)9-4-2-1-3-5-9;/h6-9H,1-5,14H2;1H. The molecule has 2 rings (SSSR count). The third kappa shape index (κ3) is 2.85. The Bertz CT molecular complexity index is 321. The molecule has 0 aromatic heterocycles. The van der Waals surface area contributed by atoms with Crippen LogP contribution in [0.3, 0.4) is 0 Å². The zero-order valence-electron chi connectivity index (χ0n) is 8.71. The fourth-order valence-electron chi connectivity index (χ4n) is 2.29. The Kier molecular flexibility index (Phi) is 4.40. The number of hydrogen-bond acceptors (Lipinski definition) is 1. The van der Waals surface area contributed by atoms with E-state index in [0.717, 1.165) is 18.4 Å². The smallest absolute Gasteiger partial charge is 0.128 e. The molecule has 0 amide bonds. The summed E-state index contributed by atoms with van der Waals surface area (Å²) in [4.78, 5) is 0. The zero-order valence-corrected chi connectivity index (χ0v) is 9.52. The predicted molar refractivity (Wildman–Crippen MR) is 63.9 cm³/mol. The highest BCUT2D eigenvalue weighted by molar-refractivity contribution is 5.85. The summed E-state index contributed by atoms with van der Waals surface area (Å²) in [5.74, 6) is 0.293. The summed E-state index contributed by atoms with van der Waals surface area (Å²) in [7, 11) is 0. The van der Waals surface area contributed by atoms with Gasteiger partial charge in [0.05, 0.1) is 0 Å². The molecule has 0 radical (unpaired) electrons. The molecule has 1 aromatic carbocycles. The van der Waals surface area contributed by atoms with Crippen LogP contribution in [-0.2, 0) is 0 Å². The van der Waals surface area contributed by atoms with Gasteiger partial charge in [-0.15, -0.1) is 12.4 Å². The number of anilines is 1. The summed E-state index contributed by atoms with van der Waals surface area (Å²) < 4.78 is 13.6. The highest BCUT2D eigenvalue weighted by Crippen LogP contribution is 2.34. The van der Waals surface area contributed by atoms with Crippen molar-refractivity contribution in [2.24, 2.45) is 0 Å². The van der Waals surface area contributed by atoms with Gasteiger partial charge in [-0.05, 0) is 36.5 Å². The Morgan fingerprint density at radius 1 is 1.13 bits per heavy atom. The Hall–Kier alpha value is -0.760. The van der Waals surface area contributed by atoms with E-state index in [0.29, 0.717) is 11.6 Å². The van der Waals surface area contributed by atoms with E-state index in [9.17, 15) is 4.39 Å². The fourth-order valence-corrected chi connectivity index (χ4v) is 2.29. The van der Waals surface area contributed by atoms with Crippen LogP contribution in [0.25, 0.3) is 0 Å². The van der Waals surface area contributed by atoms with E-state index in [2.05, 4.69) is 0 Å². The molecule has 0 unspecified atom stereocenters. The van der Waals surface area contributed by atoms with Gasteiger partial charge in [-0.2, -0.15) is 0 Å². The summed E-state index contributed by atoms with van der Waals surface area (Å²) in [6.07, 6.45) is 6.01. The lowest BCUT2D eigenvalue weighted by Gasteiger charge is -2.22. The van der Waals surface area contributed by atoms with Crippen LogP contribution in [0.1, 0.15) is 43.6 Å². The van der Waals surface area contributed by atoms with Crippen molar-refractivity contribution in [2.75, 3.05) is 5.73 Å². The van der Waals surface area contributed by atoms with Crippen LogP contribution in [0, 0.1) is 5.82 Å². The first kappa shape index (κ1) is 12.3. The fraction of sp³-hybridized carbons (Fsp3) is 0.500. The molecule has 0 bridgehead atoms. The van der Waals surface area contributed by atoms with Crippen molar-refractivity contribution in [2.45, 2.75) is 38.0 Å². The predicted octanol–water partition coefficient (Wildman–Crippen LogP) is 3.88. The van der Waals surface area contributed by atoms with E-state index in [1.54, 1.807) is 6.07 Å². The van der Waals surface area contributed by atoms with Crippen LogP contribution in [0.5, 0.6) is 0 Å². The number of rotatable bonds is 1. The lowest BCUT2D eigenvalue weighted by molar-refractivity contribution is 0.430. The molecule has 2 N–H and O–H groups in total. The van der Waals surface area contributed by atoms with Gasteiger partial charge in [-0.25, -0.2) is 4.39 Å². The molecule has 1 fully saturated rings. The molecule has 84 valence electrons. The summed E-state index contributed by atoms with van der Waals surface area (Å²) >= 11 is 0. The van der Waals surface area contributed by atoms with Gasteiger partial charge >= 0.3 is 0 Å². The second-order valence-electron chi connectivity index (χ2n) is 4.12. The Labute approximate surface area is 96.3 Å². The lowest BCUT2D eigenvalue weighted by atomic mass is 9.84. The van der Waals surface area contributed by atoms with Crippen LogP contribution >= 0.6 is 12.4 Å². The first-order chi connectivity index (χ1) is 6.77. The highest BCUT2D eigenvalue weighted by atomic mass is 35.5. The number of nitrogens with two attached hydrogens (primary N) is 1. The third-order valence-corrected chi connectivity index (χ3v) is 3.07. The second-order valence-corrected chi connectivity index (χ2v) is 4.12. The summed E-state index contributed by atoms with van der Waals surface area (Å²) in [6, 6.07) is 5.08. The molecular weight excluding hydrogens is 213 g/mol. The minimum Gasteiger partial charge on any atom is -0.399 e. The Balaban J connectivity index is 0.00000112. The van der Waals surface area contributed by atoms with Crippen molar-refractivity contribution in [3.05, 3.63) is 29.6 Å². The number of hydrogen-bond donors (Lipinski definition) is 1. The first-order valence-corrected chi connectivity index (χ1v) is 5.32. The van der Waals surface area contributed by atoms with Crippen molar-refractivity contribution >= 4 is 18.1 Å². The van der Waals surface area contributed by atoms with Crippen molar-refractivity contribution in [3.8, 4) is 0 Å². The van der Waals surface area contributed by atoms with Crippen molar-refractivity contribution in [1.29, 1.82) is 0 Å². The number of nitrogen functional groups attached to an aromatic ring is 1. The van der Waals surface area contributed by atoms with E-state index >= 15 is 0 Å². The Morgan fingerprint density at radius 2 is 1.80 bits per heavy atom. The van der Waals surface area contributed by atoms with Gasteiger partial charge in [0.25, 0.3) is 0 Å². The lowest BCUT2D eigenvalue weighted by Crippen LogP contribution is -2.06. The minimum absolute atomic E-state index is 0. The third-order valence-electron chi connectivity index (χ3n) is 3.07. The molecule has 0 spiro atoms. The van der Waals surface area contributed by atoms with Gasteiger partial charge in [-0.1, -0.05) is 25.3 Å². The molecule has 3 heteroatoms. The quantitative estimate of drug-likeness (QED) is 0.727. The molecule has 1 saturated carbocycles. The average molecular weight is 230 g/mol. The van der Waals surface area contributed by atoms with E-state index in [1.165, 1.54) is 25.3 Å². The molecule has 0 atom stereocenters. The van der Waals surface area contributed by atoms with E-state index in [4.69, 9.17) is 5.73 Å². The van der Waals surface area contributed by atoms with E-state index < -0.39 is 0 Å². The average Bonchev–Trinajstić information content (AvgIpc) is 2.19. The molecule has 0 saturated heterocycles. The monoisotopic (exact) mass is 229 g/mol. The van der Waals surface area contributed by atoms with E-state index in [1.807, 2.05) is 6.07 Å². The Morgan fingerprint density at radius 3 is 2.40 bits per heavy atom. The maximum absolute atomic E-state index is 13.6. The van der Waals surface area contributed by atoms with Gasteiger partial charge in [0.15, 0.2) is 0 Å². The molecule has 1 aliphatic rings. The SMILES string of the molecule is Cl.Nc1ccc(C2CCCCC2)c(F)c1. The summed E-state index contributed by atoms with van der Waals surface area (Å²) in [5.41, 5.74) is 6.89. The van der Waals surface area contributed by atoms with Gasteiger partial charge in [0.1, 0.15) is 5.82 Å². The maximum atomic E-state index is 13.6. The molecule has 15 heavy (non-hydrogen) atoms. The normalized spacial score (nSPS) is 17.1. The van der Waals surface area contributed by atoms with Gasteiger partial charge in [0, 0.05) is 5.69 Å². The second kappa shape index (κ2) is 5.36. The van der Waals surface area contributed by atoms with Crippen LogP contribution in [0.15, 0.2) is 18.2 Å². The number of halogens is 2. The van der Waals surface area contributed by atoms with Crippen molar-refractivity contribution in [1.82, 2.24) is 0 Å². The van der Waals surface area contributed by atoms with Crippen LogP contribution in [-0.4, -0.2) is 0 Å². The summed E-state index contributed by atoms with van der Waals surface area (Å²) in [6.45, 7) is 0. The largest absolute Gasteiger partial charge is 0.399 e. The first-order valence-electron chi connectivity index (χ1n) is 5.32.